The van der Waals surface area contributed by atoms with Gasteiger partial charge < -0.3 is 19.4 Å². The maximum absolute atomic E-state index is 13.3. The van der Waals surface area contributed by atoms with Crippen LogP contribution in [0.25, 0.3) is 10.9 Å². The van der Waals surface area contributed by atoms with Crippen molar-refractivity contribution in [2.24, 2.45) is 0 Å². The molecule has 1 N–H and O–H groups in total. The zero-order valence-corrected chi connectivity index (χ0v) is 18.2. The van der Waals surface area contributed by atoms with Crippen molar-refractivity contribution in [1.82, 2.24) is 14.8 Å². The molecule has 1 amide bonds. The average Bonchev–Trinajstić information content (AvgIpc) is 3.28. The summed E-state index contributed by atoms with van der Waals surface area (Å²) in [5.74, 6) is 1.31. The molecule has 6 nitrogen and oxygen atoms in total. The number of fused-ring (bicyclic) bond motifs is 4. The molecule has 2 aliphatic rings. The molecule has 3 heterocycles. The molecule has 5 rings (SSSR count). The van der Waals surface area contributed by atoms with E-state index in [4.69, 9.17) is 21.7 Å². The molecule has 0 radical (unpaired) electrons. The van der Waals surface area contributed by atoms with Crippen molar-refractivity contribution in [3.8, 4) is 11.5 Å². The molecule has 1 saturated heterocycles. The van der Waals surface area contributed by atoms with E-state index < -0.39 is 0 Å². The highest BCUT2D eigenvalue weighted by atomic mass is 32.1. The number of aromatic nitrogens is 1. The minimum absolute atomic E-state index is 0.0197. The minimum atomic E-state index is -0.350. The largest absolute Gasteiger partial charge is 0.493 e. The molecule has 158 valence electrons. The van der Waals surface area contributed by atoms with Crippen LogP contribution >= 0.6 is 12.2 Å². The summed E-state index contributed by atoms with van der Waals surface area (Å²) >= 11 is 5.79. The van der Waals surface area contributed by atoms with Gasteiger partial charge in [0, 0.05) is 29.6 Å². The fourth-order valence-corrected chi connectivity index (χ4v) is 5.19. The van der Waals surface area contributed by atoms with Crippen molar-refractivity contribution >= 4 is 34.1 Å². The number of hydrogen-bond donors (Lipinski definition) is 1. The quantitative estimate of drug-likeness (QED) is 0.490. The van der Waals surface area contributed by atoms with Crippen molar-refractivity contribution in [2.75, 3.05) is 20.8 Å². The van der Waals surface area contributed by atoms with Crippen molar-refractivity contribution in [2.45, 2.75) is 18.5 Å². The van der Waals surface area contributed by atoms with E-state index in [9.17, 15) is 4.79 Å². The van der Waals surface area contributed by atoms with E-state index in [1.54, 1.807) is 25.2 Å². The topological polar surface area (TPSA) is 57.8 Å². The summed E-state index contributed by atoms with van der Waals surface area (Å²) in [4.78, 5) is 20.6. The Labute approximate surface area is 186 Å². The second kappa shape index (κ2) is 7.42. The van der Waals surface area contributed by atoms with Crippen LogP contribution < -0.4 is 9.47 Å². The first-order valence-corrected chi connectivity index (χ1v) is 10.6. The fourth-order valence-electron chi connectivity index (χ4n) is 4.80. The maximum Gasteiger partial charge on any atom is 0.252 e. The van der Waals surface area contributed by atoms with Crippen molar-refractivity contribution < 1.29 is 14.3 Å². The number of nitrogens with one attached hydrogen (secondary N) is 1. The number of para-hydroxylation sites is 1. The van der Waals surface area contributed by atoms with Crippen LogP contribution in [0.3, 0.4) is 0 Å². The molecule has 0 spiro atoms. The van der Waals surface area contributed by atoms with Gasteiger partial charge in [0.25, 0.3) is 5.91 Å². The molecular formula is C24H23N3O3S. The lowest BCUT2D eigenvalue weighted by molar-refractivity contribution is -0.128. The third-order valence-corrected chi connectivity index (χ3v) is 6.60. The molecule has 1 fully saturated rings. The van der Waals surface area contributed by atoms with E-state index in [0.717, 1.165) is 27.7 Å². The Morgan fingerprint density at radius 3 is 2.71 bits per heavy atom. The SMILES string of the molecule is C=CCN1C(=O)[C@H]2Cc3c([nH]c4ccccc34)C(c3ccc(OC)c(OC)c3)N2C1=S. The van der Waals surface area contributed by atoms with Gasteiger partial charge in [-0.15, -0.1) is 6.58 Å². The number of thiocarbonyl (C=S) groups is 1. The highest BCUT2D eigenvalue weighted by Crippen LogP contribution is 2.45. The molecule has 3 aromatic rings. The van der Waals surface area contributed by atoms with Crippen LogP contribution in [-0.4, -0.2) is 52.6 Å². The van der Waals surface area contributed by atoms with Crippen LogP contribution in [0.1, 0.15) is 22.9 Å². The highest BCUT2D eigenvalue weighted by molar-refractivity contribution is 7.80. The smallest absolute Gasteiger partial charge is 0.252 e. The van der Waals surface area contributed by atoms with Gasteiger partial charge in [-0.05, 0) is 41.5 Å². The summed E-state index contributed by atoms with van der Waals surface area (Å²) < 4.78 is 11.0. The Balaban J connectivity index is 1.73. The third-order valence-electron chi connectivity index (χ3n) is 6.17. The first kappa shape index (κ1) is 19.6. The van der Waals surface area contributed by atoms with Gasteiger partial charge in [0.1, 0.15) is 6.04 Å². The van der Waals surface area contributed by atoms with Crippen LogP contribution in [-0.2, 0) is 11.2 Å². The lowest BCUT2D eigenvalue weighted by Crippen LogP contribution is -2.44. The molecule has 1 unspecified atom stereocenters. The van der Waals surface area contributed by atoms with E-state index in [2.05, 4.69) is 28.6 Å². The second-order valence-electron chi connectivity index (χ2n) is 7.73. The molecular weight excluding hydrogens is 410 g/mol. The molecule has 1 aromatic heterocycles. The Morgan fingerprint density at radius 1 is 1.19 bits per heavy atom. The van der Waals surface area contributed by atoms with Crippen LogP contribution in [0, 0.1) is 0 Å². The first-order chi connectivity index (χ1) is 15.1. The highest BCUT2D eigenvalue weighted by Gasteiger charge is 2.50. The third kappa shape index (κ3) is 2.84. The molecule has 2 aliphatic heterocycles. The van der Waals surface area contributed by atoms with E-state index in [0.29, 0.717) is 29.6 Å². The van der Waals surface area contributed by atoms with E-state index in [-0.39, 0.29) is 18.0 Å². The van der Waals surface area contributed by atoms with E-state index >= 15 is 0 Å². The number of rotatable bonds is 5. The average molecular weight is 434 g/mol. The molecule has 0 bridgehead atoms. The van der Waals surface area contributed by atoms with Gasteiger partial charge in [-0.25, -0.2) is 0 Å². The van der Waals surface area contributed by atoms with Crippen molar-refractivity contribution in [1.29, 1.82) is 0 Å². The Morgan fingerprint density at radius 2 is 1.97 bits per heavy atom. The van der Waals surface area contributed by atoms with Gasteiger partial charge in [0.15, 0.2) is 16.6 Å². The lowest BCUT2D eigenvalue weighted by atomic mass is 9.89. The number of carbonyl (C=O) groups is 1. The number of aromatic amines is 1. The predicted molar refractivity (Wildman–Crippen MR) is 124 cm³/mol. The predicted octanol–water partition coefficient (Wildman–Crippen LogP) is 3.81. The Bertz CT molecular complexity index is 1220. The van der Waals surface area contributed by atoms with Gasteiger partial charge in [-0.3, -0.25) is 9.69 Å². The summed E-state index contributed by atoms with van der Waals surface area (Å²) in [5.41, 5.74) is 4.25. The van der Waals surface area contributed by atoms with E-state index in [1.807, 2.05) is 30.3 Å². The maximum atomic E-state index is 13.3. The molecule has 2 aromatic carbocycles. The minimum Gasteiger partial charge on any atom is -0.493 e. The Kier molecular flexibility index (Phi) is 4.70. The number of ether oxygens (including phenoxy) is 2. The van der Waals surface area contributed by atoms with Crippen molar-refractivity contribution in [3.05, 3.63) is 71.9 Å². The summed E-state index contributed by atoms with van der Waals surface area (Å²) in [5, 5.41) is 1.67. The summed E-state index contributed by atoms with van der Waals surface area (Å²) in [6, 6.07) is 13.5. The molecule has 7 heteroatoms. The van der Waals surface area contributed by atoms with E-state index in [1.165, 1.54) is 0 Å². The number of methoxy groups -OCH3 is 2. The van der Waals surface area contributed by atoms with Crippen LogP contribution in [0.15, 0.2) is 55.1 Å². The summed E-state index contributed by atoms with van der Waals surface area (Å²) in [6.07, 6.45) is 2.32. The normalized spacial score (nSPS) is 20.1. The summed E-state index contributed by atoms with van der Waals surface area (Å²) in [6.45, 7) is 4.19. The molecule has 2 atom stereocenters. The van der Waals surface area contributed by atoms with Crippen LogP contribution in [0.4, 0.5) is 0 Å². The van der Waals surface area contributed by atoms with Gasteiger partial charge in [0.2, 0.25) is 0 Å². The number of benzene rings is 2. The van der Waals surface area contributed by atoms with Crippen molar-refractivity contribution in [3.63, 3.8) is 0 Å². The first-order valence-electron chi connectivity index (χ1n) is 10.1. The van der Waals surface area contributed by atoms with Gasteiger partial charge >= 0.3 is 0 Å². The number of hydrogen-bond acceptors (Lipinski definition) is 4. The molecule has 0 aliphatic carbocycles. The number of nitrogens with zero attached hydrogens (tertiary/aromatic N) is 2. The summed E-state index contributed by atoms with van der Waals surface area (Å²) in [7, 11) is 3.24. The lowest BCUT2D eigenvalue weighted by Gasteiger charge is -2.37. The fraction of sp³-hybridized carbons (Fsp3) is 0.250. The van der Waals surface area contributed by atoms with Crippen LogP contribution in [0.2, 0.25) is 0 Å². The zero-order valence-electron chi connectivity index (χ0n) is 17.4. The van der Waals surface area contributed by atoms with Crippen LogP contribution in [0.5, 0.6) is 11.5 Å². The standard InChI is InChI=1S/C24H23N3O3S/c1-4-11-26-23(28)18-13-16-15-7-5-6-8-17(15)25-21(16)22(27(18)24(26)31)14-9-10-19(29-2)20(12-14)30-3/h4-10,12,18,22,25H,1,11,13H2,2-3H3/t18-,22?/m1/s1. The van der Waals surface area contributed by atoms with Gasteiger partial charge in [0.05, 0.1) is 20.3 Å². The number of carbonyl (C=O) groups excluding carboxylic acids is 1. The van der Waals surface area contributed by atoms with Gasteiger partial charge in [-0.2, -0.15) is 0 Å². The molecule has 31 heavy (non-hydrogen) atoms. The Hall–Kier alpha value is -3.32. The number of amides is 1. The monoisotopic (exact) mass is 433 g/mol. The van der Waals surface area contributed by atoms with Gasteiger partial charge in [-0.1, -0.05) is 30.3 Å². The molecule has 0 saturated carbocycles. The zero-order chi connectivity index (χ0) is 21.7. The number of H-pyrrole nitrogens is 1. The second-order valence-corrected chi connectivity index (χ2v) is 8.09.